The Morgan fingerprint density at radius 2 is 2.26 bits per heavy atom. The zero-order valence-electron chi connectivity index (χ0n) is 10.3. The highest BCUT2D eigenvalue weighted by Crippen LogP contribution is 2.14. The van der Waals surface area contributed by atoms with Gasteiger partial charge in [0.1, 0.15) is 10.7 Å². The number of nitrogen functional groups attached to an aromatic ring is 1. The van der Waals surface area contributed by atoms with E-state index in [2.05, 4.69) is 14.7 Å². The van der Waals surface area contributed by atoms with E-state index >= 15 is 0 Å². The largest absolute Gasteiger partial charge is 0.383 e. The highest BCUT2D eigenvalue weighted by atomic mass is 32.2. The van der Waals surface area contributed by atoms with Crippen LogP contribution in [0.15, 0.2) is 28.6 Å². The van der Waals surface area contributed by atoms with E-state index in [1.807, 2.05) is 12.3 Å². The molecule has 0 aliphatic carbocycles. The zero-order valence-corrected chi connectivity index (χ0v) is 12.0. The van der Waals surface area contributed by atoms with E-state index in [1.54, 1.807) is 11.3 Å². The molecule has 6 nitrogen and oxygen atoms in total. The molecule has 0 aromatic carbocycles. The third-order valence-electron chi connectivity index (χ3n) is 2.43. The predicted octanol–water partition coefficient (Wildman–Crippen LogP) is 0.950. The van der Waals surface area contributed by atoms with E-state index in [0.29, 0.717) is 6.42 Å². The number of anilines is 1. The molecule has 2 heterocycles. The Hall–Kier alpha value is -1.51. The van der Waals surface area contributed by atoms with Crippen molar-refractivity contribution < 1.29 is 8.42 Å². The van der Waals surface area contributed by atoms with Crippen LogP contribution in [-0.4, -0.2) is 24.9 Å². The van der Waals surface area contributed by atoms with Gasteiger partial charge >= 0.3 is 0 Å². The Kier molecular flexibility index (Phi) is 4.13. The molecule has 102 valence electrons. The summed E-state index contributed by atoms with van der Waals surface area (Å²) < 4.78 is 26.5. The average molecular weight is 298 g/mol. The van der Waals surface area contributed by atoms with Crippen molar-refractivity contribution in [2.24, 2.45) is 0 Å². The second-order valence-electron chi connectivity index (χ2n) is 3.89. The minimum atomic E-state index is -3.62. The Morgan fingerprint density at radius 3 is 2.89 bits per heavy atom. The van der Waals surface area contributed by atoms with Crippen molar-refractivity contribution in [3.05, 3.63) is 34.4 Å². The van der Waals surface area contributed by atoms with Crippen LogP contribution in [0.3, 0.4) is 0 Å². The number of thiazole rings is 1. The summed E-state index contributed by atoms with van der Waals surface area (Å²) in [5.74, 6) is -0.000460. The Bertz CT molecular complexity index is 667. The van der Waals surface area contributed by atoms with Gasteiger partial charge in [-0.2, -0.15) is 0 Å². The van der Waals surface area contributed by atoms with Gasteiger partial charge in [0.25, 0.3) is 0 Å². The summed E-state index contributed by atoms with van der Waals surface area (Å²) in [5, 5.41) is 2.89. The van der Waals surface area contributed by atoms with Crippen molar-refractivity contribution >= 4 is 27.2 Å². The summed E-state index contributed by atoms with van der Waals surface area (Å²) in [6.45, 7) is 2.19. The van der Waals surface area contributed by atoms with Crippen LogP contribution >= 0.6 is 11.3 Å². The SMILES string of the molecule is Cc1nc(CCNS(=O)(=O)c2cccnc2N)cs1. The number of aromatic nitrogens is 2. The Balaban J connectivity index is 2.01. The molecular formula is C11H14N4O2S2. The quantitative estimate of drug-likeness (QED) is 0.856. The monoisotopic (exact) mass is 298 g/mol. The third-order valence-corrected chi connectivity index (χ3v) is 4.76. The lowest BCUT2D eigenvalue weighted by Crippen LogP contribution is -2.27. The first kappa shape index (κ1) is 13.9. The molecule has 0 saturated carbocycles. The van der Waals surface area contributed by atoms with Crippen molar-refractivity contribution in [3.8, 4) is 0 Å². The molecule has 0 spiro atoms. The van der Waals surface area contributed by atoms with Gasteiger partial charge in [-0.25, -0.2) is 23.1 Å². The Labute approximate surface area is 115 Å². The first-order chi connectivity index (χ1) is 8.99. The normalized spacial score (nSPS) is 11.6. The zero-order chi connectivity index (χ0) is 13.9. The Morgan fingerprint density at radius 1 is 1.47 bits per heavy atom. The molecule has 0 saturated heterocycles. The molecule has 0 bridgehead atoms. The molecule has 0 radical (unpaired) electrons. The summed E-state index contributed by atoms with van der Waals surface area (Å²) >= 11 is 1.54. The van der Waals surface area contributed by atoms with Crippen molar-refractivity contribution in [2.45, 2.75) is 18.2 Å². The van der Waals surface area contributed by atoms with E-state index in [0.717, 1.165) is 10.7 Å². The minimum absolute atomic E-state index is 0.000460. The molecule has 2 aromatic heterocycles. The number of rotatable bonds is 5. The van der Waals surface area contributed by atoms with Crippen LogP contribution in [0.4, 0.5) is 5.82 Å². The van der Waals surface area contributed by atoms with Crippen LogP contribution < -0.4 is 10.5 Å². The molecule has 0 unspecified atom stereocenters. The molecule has 0 aliphatic heterocycles. The average Bonchev–Trinajstić information content (AvgIpc) is 2.75. The number of nitrogens with zero attached hydrogens (tertiary/aromatic N) is 2. The van der Waals surface area contributed by atoms with Crippen LogP contribution in [0.1, 0.15) is 10.7 Å². The lowest BCUT2D eigenvalue weighted by molar-refractivity contribution is 0.581. The van der Waals surface area contributed by atoms with E-state index in [9.17, 15) is 8.42 Å². The van der Waals surface area contributed by atoms with Gasteiger partial charge in [0, 0.05) is 24.5 Å². The number of pyridine rings is 1. The fraction of sp³-hybridized carbons (Fsp3) is 0.273. The number of nitrogens with two attached hydrogens (primary N) is 1. The maximum absolute atomic E-state index is 12.0. The van der Waals surface area contributed by atoms with Crippen LogP contribution in [0.5, 0.6) is 0 Å². The van der Waals surface area contributed by atoms with E-state index in [-0.39, 0.29) is 17.3 Å². The third kappa shape index (κ3) is 3.49. The molecule has 2 aromatic rings. The number of hydrogen-bond acceptors (Lipinski definition) is 6. The number of hydrogen-bond donors (Lipinski definition) is 2. The summed E-state index contributed by atoms with van der Waals surface area (Å²) in [6, 6.07) is 2.96. The molecule has 0 atom stereocenters. The summed E-state index contributed by atoms with van der Waals surface area (Å²) in [7, 11) is -3.62. The van der Waals surface area contributed by atoms with Crippen molar-refractivity contribution in [1.82, 2.24) is 14.7 Å². The van der Waals surface area contributed by atoms with Crippen molar-refractivity contribution in [3.63, 3.8) is 0 Å². The summed E-state index contributed by atoms with van der Waals surface area (Å²) in [5.41, 5.74) is 6.43. The maximum atomic E-state index is 12.0. The number of nitrogens with one attached hydrogen (secondary N) is 1. The molecular weight excluding hydrogens is 284 g/mol. The van der Waals surface area contributed by atoms with Gasteiger partial charge in [0.15, 0.2) is 0 Å². The molecule has 0 amide bonds. The summed E-state index contributed by atoms with van der Waals surface area (Å²) in [6.07, 6.45) is 2.00. The van der Waals surface area contributed by atoms with Gasteiger partial charge in [-0.15, -0.1) is 11.3 Å². The smallest absolute Gasteiger partial charge is 0.244 e. The van der Waals surface area contributed by atoms with Gasteiger partial charge in [0.05, 0.1) is 10.7 Å². The molecule has 3 N–H and O–H groups in total. The molecule has 0 aliphatic rings. The predicted molar refractivity (Wildman–Crippen MR) is 74.4 cm³/mol. The molecule has 2 rings (SSSR count). The fourth-order valence-corrected chi connectivity index (χ4v) is 3.30. The van der Waals surface area contributed by atoms with Crippen LogP contribution in [0.25, 0.3) is 0 Å². The number of aryl methyl sites for hydroxylation is 1. The topological polar surface area (TPSA) is 98.0 Å². The highest BCUT2D eigenvalue weighted by molar-refractivity contribution is 7.89. The van der Waals surface area contributed by atoms with Crippen LogP contribution in [-0.2, 0) is 16.4 Å². The van der Waals surface area contributed by atoms with Crippen LogP contribution in [0.2, 0.25) is 0 Å². The number of sulfonamides is 1. The molecule has 8 heteroatoms. The van der Waals surface area contributed by atoms with Crippen molar-refractivity contribution in [2.75, 3.05) is 12.3 Å². The van der Waals surface area contributed by atoms with E-state index in [1.165, 1.54) is 18.3 Å². The first-order valence-corrected chi connectivity index (χ1v) is 7.96. The lowest BCUT2D eigenvalue weighted by Gasteiger charge is -2.07. The van der Waals surface area contributed by atoms with Gasteiger partial charge in [-0.1, -0.05) is 0 Å². The summed E-state index contributed by atoms with van der Waals surface area (Å²) in [4.78, 5) is 8.03. The van der Waals surface area contributed by atoms with E-state index in [4.69, 9.17) is 5.73 Å². The first-order valence-electron chi connectivity index (χ1n) is 5.60. The highest BCUT2D eigenvalue weighted by Gasteiger charge is 2.17. The van der Waals surface area contributed by atoms with Gasteiger partial charge < -0.3 is 5.73 Å². The van der Waals surface area contributed by atoms with Gasteiger partial charge in [0.2, 0.25) is 10.0 Å². The molecule has 19 heavy (non-hydrogen) atoms. The van der Waals surface area contributed by atoms with Gasteiger partial charge in [-0.05, 0) is 19.1 Å². The minimum Gasteiger partial charge on any atom is -0.383 e. The molecule has 0 fully saturated rings. The second-order valence-corrected chi connectivity index (χ2v) is 6.69. The van der Waals surface area contributed by atoms with Crippen LogP contribution in [0, 0.1) is 6.92 Å². The lowest BCUT2D eigenvalue weighted by atomic mass is 10.3. The van der Waals surface area contributed by atoms with Gasteiger partial charge in [-0.3, -0.25) is 0 Å². The standard InChI is InChI=1S/C11H14N4O2S2/c1-8-15-9(7-18-8)4-6-14-19(16,17)10-3-2-5-13-11(10)12/h2-3,5,7,14H,4,6H2,1H3,(H2,12,13). The van der Waals surface area contributed by atoms with E-state index < -0.39 is 10.0 Å². The van der Waals surface area contributed by atoms with Crippen molar-refractivity contribution in [1.29, 1.82) is 0 Å². The fourth-order valence-electron chi connectivity index (χ4n) is 1.54. The maximum Gasteiger partial charge on any atom is 0.244 e. The second kappa shape index (κ2) is 5.64.